The third kappa shape index (κ3) is 3.94. The van der Waals surface area contributed by atoms with E-state index >= 15 is 0 Å². The molecule has 0 saturated heterocycles. The van der Waals surface area contributed by atoms with Crippen molar-refractivity contribution in [2.45, 2.75) is 13.8 Å². The van der Waals surface area contributed by atoms with Gasteiger partial charge >= 0.3 is 0 Å². The fraction of sp³-hybridized carbons (Fsp3) is 0.167. The second kappa shape index (κ2) is 7.45. The molecule has 0 bridgehead atoms. The van der Waals surface area contributed by atoms with E-state index in [-0.39, 0.29) is 11.6 Å². The smallest absolute Gasteiger partial charge is 0.275 e. The summed E-state index contributed by atoms with van der Waals surface area (Å²) in [4.78, 5) is 16.4. The first kappa shape index (κ1) is 17.8. The van der Waals surface area contributed by atoms with Crippen molar-refractivity contribution in [3.05, 3.63) is 58.6 Å². The van der Waals surface area contributed by atoms with E-state index in [4.69, 9.17) is 20.9 Å². The summed E-state index contributed by atoms with van der Waals surface area (Å²) in [5.74, 6) is 1.15. The molecule has 0 radical (unpaired) electrons. The Bertz CT molecular complexity index is 955. The van der Waals surface area contributed by atoms with Crippen molar-refractivity contribution >= 4 is 34.7 Å². The summed E-state index contributed by atoms with van der Waals surface area (Å²) < 4.78 is 10.3. The van der Waals surface area contributed by atoms with E-state index in [1.165, 1.54) is 0 Å². The lowest BCUT2D eigenvalue weighted by Gasteiger charge is -2.13. The van der Waals surface area contributed by atoms with Crippen LogP contribution in [-0.2, 0) is 0 Å². The standard InChI is InChI=1S/C18H17ClN4O3/c1-10-6-14(16(25-3)9-13(10)19)21-12-4-5-20-15(8-12)18(24)22-17-7-11(2)26-23-17/h4-9H,1-3H3,(H,20,21)(H,22,23,24). The molecule has 0 saturated carbocycles. The SMILES string of the molecule is COc1cc(Cl)c(C)cc1Nc1ccnc(C(=O)Nc2cc(C)on2)c1. The number of pyridine rings is 1. The molecule has 0 aliphatic carbocycles. The van der Waals surface area contributed by atoms with Gasteiger partial charge in [0.15, 0.2) is 5.82 Å². The number of carbonyl (C=O) groups is 1. The third-order valence-corrected chi connectivity index (χ3v) is 4.03. The Hall–Kier alpha value is -3.06. The minimum Gasteiger partial charge on any atom is -0.495 e. The highest BCUT2D eigenvalue weighted by Gasteiger charge is 2.12. The first-order valence-electron chi connectivity index (χ1n) is 7.78. The average Bonchev–Trinajstić information content (AvgIpc) is 3.03. The average molecular weight is 373 g/mol. The van der Waals surface area contributed by atoms with Gasteiger partial charge in [-0.15, -0.1) is 0 Å². The minimum absolute atomic E-state index is 0.236. The van der Waals surface area contributed by atoms with E-state index < -0.39 is 0 Å². The van der Waals surface area contributed by atoms with Crippen LogP contribution in [0, 0.1) is 13.8 Å². The predicted molar refractivity (Wildman–Crippen MR) is 99.5 cm³/mol. The molecule has 1 amide bonds. The van der Waals surface area contributed by atoms with E-state index in [0.29, 0.717) is 28.0 Å². The molecule has 3 aromatic rings. The number of nitrogens with zero attached hydrogens (tertiary/aromatic N) is 2. The molecule has 134 valence electrons. The van der Waals surface area contributed by atoms with Crippen molar-refractivity contribution in [3.8, 4) is 5.75 Å². The molecule has 0 unspecified atom stereocenters. The summed E-state index contributed by atoms with van der Waals surface area (Å²) in [6, 6.07) is 8.62. The molecule has 2 N–H and O–H groups in total. The zero-order valence-electron chi connectivity index (χ0n) is 14.5. The fourth-order valence-electron chi connectivity index (χ4n) is 2.32. The van der Waals surface area contributed by atoms with Crippen LogP contribution < -0.4 is 15.4 Å². The molecule has 0 fully saturated rings. The Balaban J connectivity index is 1.81. The van der Waals surface area contributed by atoms with Crippen molar-refractivity contribution in [1.29, 1.82) is 0 Å². The summed E-state index contributed by atoms with van der Waals surface area (Å²) in [5.41, 5.74) is 2.56. The van der Waals surface area contributed by atoms with Gasteiger partial charge in [0.2, 0.25) is 0 Å². The zero-order chi connectivity index (χ0) is 18.7. The maximum atomic E-state index is 12.3. The van der Waals surface area contributed by atoms with Gasteiger partial charge in [-0.25, -0.2) is 0 Å². The van der Waals surface area contributed by atoms with Gasteiger partial charge in [0.25, 0.3) is 5.91 Å². The Morgan fingerprint density at radius 2 is 2.04 bits per heavy atom. The van der Waals surface area contributed by atoms with Gasteiger partial charge in [-0.2, -0.15) is 0 Å². The zero-order valence-corrected chi connectivity index (χ0v) is 15.2. The molecule has 0 spiro atoms. The Morgan fingerprint density at radius 1 is 1.23 bits per heavy atom. The number of aryl methyl sites for hydroxylation is 2. The van der Waals surface area contributed by atoms with Crippen molar-refractivity contribution in [2.75, 3.05) is 17.7 Å². The van der Waals surface area contributed by atoms with Gasteiger partial charge in [0.05, 0.1) is 12.8 Å². The van der Waals surface area contributed by atoms with Crippen LogP contribution in [0.3, 0.4) is 0 Å². The summed E-state index contributed by atoms with van der Waals surface area (Å²) in [7, 11) is 1.57. The molecule has 2 heterocycles. The number of ether oxygens (including phenoxy) is 1. The van der Waals surface area contributed by atoms with Crippen LogP contribution in [0.25, 0.3) is 0 Å². The largest absolute Gasteiger partial charge is 0.495 e. The number of methoxy groups -OCH3 is 1. The lowest BCUT2D eigenvalue weighted by molar-refractivity contribution is 0.102. The van der Waals surface area contributed by atoms with E-state index in [9.17, 15) is 4.79 Å². The number of hydrogen-bond donors (Lipinski definition) is 2. The van der Waals surface area contributed by atoms with Crippen LogP contribution in [0.1, 0.15) is 21.8 Å². The van der Waals surface area contributed by atoms with Crippen molar-refractivity contribution < 1.29 is 14.1 Å². The number of amides is 1. The first-order chi connectivity index (χ1) is 12.5. The fourth-order valence-corrected chi connectivity index (χ4v) is 2.48. The summed E-state index contributed by atoms with van der Waals surface area (Å²) in [5, 5.41) is 10.2. The molecule has 7 nitrogen and oxygen atoms in total. The Labute approximate surface area is 155 Å². The summed E-state index contributed by atoms with van der Waals surface area (Å²) in [6.45, 7) is 3.64. The first-order valence-corrected chi connectivity index (χ1v) is 8.16. The van der Waals surface area contributed by atoms with Gasteiger partial charge in [-0.1, -0.05) is 16.8 Å². The van der Waals surface area contributed by atoms with E-state index in [1.54, 1.807) is 44.5 Å². The van der Waals surface area contributed by atoms with Crippen molar-refractivity contribution in [2.24, 2.45) is 0 Å². The highest BCUT2D eigenvalue weighted by atomic mass is 35.5. The van der Waals surface area contributed by atoms with Gasteiger partial charge in [-0.05, 0) is 37.6 Å². The minimum atomic E-state index is -0.388. The number of nitrogens with one attached hydrogen (secondary N) is 2. The number of carbonyl (C=O) groups excluding carboxylic acids is 1. The third-order valence-electron chi connectivity index (χ3n) is 3.62. The molecule has 0 aliphatic rings. The van der Waals surface area contributed by atoms with Crippen LogP contribution in [0.5, 0.6) is 5.75 Å². The number of halogens is 1. The van der Waals surface area contributed by atoms with Gasteiger partial charge in [0.1, 0.15) is 17.2 Å². The predicted octanol–water partition coefficient (Wildman–Crippen LogP) is 4.34. The van der Waals surface area contributed by atoms with E-state index in [1.807, 2.05) is 13.0 Å². The maximum Gasteiger partial charge on any atom is 0.275 e. The topological polar surface area (TPSA) is 89.3 Å². The molecule has 3 rings (SSSR count). The van der Waals surface area contributed by atoms with Gasteiger partial charge < -0.3 is 19.9 Å². The highest BCUT2D eigenvalue weighted by Crippen LogP contribution is 2.33. The maximum absolute atomic E-state index is 12.3. The lowest BCUT2D eigenvalue weighted by atomic mass is 10.2. The summed E-state index contributed by atoms with van der Waals surface area (Å²) >= 11 is 6.13. The molecular weight excluding hydrogens is 356 g/mol. The number of benzene rings is 1. The normalized spacial score (nSPS) is 10.5. The Morgan fingerprint density at radius 3 is 2.73 bits per heavy atom. The van der Waals surface area contributed by atoms with Crippen LogP contribution >= 0.6 is 11.6 Å². The van der Waals surface area contributed by atoms with Crippen LogP contribution in [0.2, 0.25) is 5.02 Å². The Kier molecular flexibility index (Phi) is 5.09. The molecular formula is C18H17ClN4O3. The number of hydrogen-bond acceptors (Lipinski definition) is 6. The molecule has 8 heteroatoms. The van der Waals surface area contributed by atoms with E-state index in [2.05, 4.69) is 20.8 Å². The second-order valence-electron chi connectivity index (χ2n) is 5.63. The van der Waals surface area contributed by atoms with Crippen molar-refractivity contribution in [1.82, 2.24) is 10.1 Å². The van der Waals surface area contributed by atoms with Crippen LogP contribution in [-0.4, -0.2) is 23.2 Å². The monoisotopic (exact) mass is 372 g/mol. The quantitative estimate of drug-likeness (QED) is 0.692. The number of anilines is 3. The number of rotatable bonds is 5. The second-order valence-corrected chi connectivity index (χ2v) is 6.04. The van der Waals surface area contributed by atoms with Gasteiger partial charge in [0, 0.05) is 29.0 Å². The van der Waals surface area contributed by atoms with Gasteiger partial charge in [-0.3, -0.25) is 9.78 Å². The molecule has 0 aliphatic heterocycles. The van der Waals surface area contributed by atoms with E-state index in [0.717, 1.165) is 11.3 Å². The number of aromatic nitrogens is 2. The van der Waals surface area contributed by atoms with Crippen molar-refractivity contribution in [3.63, 3.8) is 0 Å². The molecule has 0 atom stereocenters. The molecule has 2 aromatic heterocycles. The summed E-state index contributed by atoms with van der Waals surface area (Å²) in [6.07, 6.45) is 1.54. The lowest BCUT2D eigenvalue weighted by Crippen LogP contribution is -2.14. The van der Waals surface area contributed by atoms with Crippen LogP contribution in [0.4, 0.5) is 17.2 Å². The molecule has 1 aromatic carbocycles. The highest BCUT2D eigenvalue weighted by molar-refractivity contribution is 6.31. The molecule has 26 heavy (non-hydrogen) atoms. The van der Waals surface area contributed by atoms with Crippen LogP contribution in [0.15, 0.2) is 41.1 Å².